The largest absolute Gasteiger partial charge is 0.386 e. The molecule has 2 atom stereocenters. The van der Waals surface area contributed by atoms with Crippen LogP contribution in [0.4, 0.5) is 0 Å². The highest BCUT2D eigenvalue weighted by molar-refractivity contribution is 5.15. The van der Waals surface area contributed by atoms with Gasteiger partial charge in [0, 0.05) is 6.54 Å². The first-order valence-electron chi connectivity index (χ1n) is 6.53. The molecule has 17 heavy (non-hydrogen) atoms. The summed E-state index contributed by atoms with van der Waals surface area (Å²) in [5.41, 5.74) is 7.19. The second kappa shape index (κ2) is 5.76. The van der Waals surface area contributed by atoms with Gasteiger partial charge in [0.05, 0.1) is 5.82 Å². The van der Waals surface area contributed by atoms with Crippen LogP contribution in [0.15, 0.2) is 42.2 Å². The lowest BCUT2D eigenvalue weighted by molar-refractivity contribution is 0.407. The van der Waals surface area contributed by atoms with Crippen molar-refractivity contribution in [2.75, 3.05) is 6.54 Å². The highest BCUT2D eigenvalue weighted by Gasteiger charge is 2.18. The van der Waals surface area contributed by atoms with Crippen molar-refractivity contribution in [2.24, 2.45) is 17.6 Å². The molecule has 0 bridgehead atoms. The highest BCUT2D eigenvalue weighted by atomic mass is 15.0. The smallest absolute Gasteiger partial charge is 0.0922 e. The Morgan fingerprint density at radius 1 is 1.35 bits per heavy atom. The molecule has 0 radical (unpaired) electrons. The van der Waals surface area contributed by atoms with E-state index in [4.69, 9.17) is 5.73 Å². The molecule has 1 aromatic rings. The van der Waals surface area contributed by atoms with Gasteiger partial charge in [0.15, 0.2) is 0 Å². The Labute approximate surface area is 104 Å². The molecule has 92 valence electrons. The van der Waals surface area contributed by atoms with Crippen LogP contribution in [-0.4, -0.2) is 6.54 Å². The third kappa shape index (κ3) is 3.52. The first kappa shape index (κ1) is 12.0. The van der Waals surface area contributed by atoms with Gasteiger partial charge in [0.25, 0.3) is 0 Å². The third-order valence-electron chi connectivity index (χ3n) is 3.56. The number of benzene rings is 1. The van der Waals surface area contributed by atoms with Crippen molar-refractivity contribution < 1.29 is 0 Å². The molecule has 0 amide bonds. The molecule has 0 aliphatic carbocycles. The zero-order valence-corrected chi connectivity index (χ0v) is 10.5. The molecule has 2 nitrogen and oxygen atoms in total. The summed E-state index contributed by atoms with van der Waals surface area (Å²) in [5.74, 6) is 2.22. The lowest BCUT2D eigenvalue weighted by Crippen LogP contribution is -2.18. The molecular formula is C15H22N2. The van der Waals surface area contributed by atoms with Crippen LogP contribution in [0.25, 0.3) is 0 Å². The van der Waals surface area contributed by atoms with Crippen molar-refractivity contribution in [2.45, 2.75) is 26.2 Å². The van der Waals surface area contributed by atoms with Crippen LogP contribution in [0.3, 0.4) is 0 Å². The van der Waals surface area contributed by atoms with Crippen molar-refractivity contribution in [3.05, 3.63) is 47.8 Å². The first-order chi connectivity index (χ1) is 8.28. The molecule has 0 aromatic heterocycles. The van der Waals surface area contributed by atoms with E-state index in [1.54, 1.807) is 0 Å². The lowest BCUT2D eigenvalue weighted by atomic mass is 9.88. The summed E-state index contributed by atoms with van der Waals surface area (Å²) in [6.07, 6.45) is 5.83. The summed E-state index contributed by atoms with van der Waals surface area (Å²) in [5, 5.41) is 3.20. The van der Waals surface area contributed by atoms with E-state index >= 15 is 0 Å². The fraction of sp³-hybridized carbons (Fsp3) is 0.467. The SMILES string of the molecule is CCC(Cc1ccccc1)C[C@H]1C=C(N)NC1. The molecule has 2 heteroatoms. The summed E-state index contributed by atoms with van der Waals surface area (Å²) >= 11 is 0. The standard InChI is InChI=1S/C15H22N2/c1-2-12(8-13-6-4-3-5-7-13)9-14-10-15(16)17-11-14/h3-7,10,12,14,17H,2,8-9,11,16H2,1H3/t12?,14-/m0/s1. The van der Waals surface area contributed by atoms with Crippen LogP contribution < -0.4 is 11.1 Å². The summed E-state index contributed by atoms with van der Waals surface area (Å²) in [4.78, 5) is 0. The highest BCUT2D eigenvalue weighted by Crippen LogP contribution is 2.23. The van der Waals surface area contributed by atoms with E-state index in [0.717, 1.165) is 18.3 Å². The van der Waals surface area contributed by atoms with Gasteiger partial charge in [-0.15, -0.1) is 0 Å². The van der Waals surface area contributed by atoms with Crippen LogP contribution in [-0.2, 0) is 6.42 Å². The van der Waals surface area contributed by atoms with E-state index in [-0.39, 0.29) is 0 Å². The molecule has 1 heterocycles. The number of nitrogens with two attached hydrogens (primary N) is 1. The molecule has 1 aliphatic heterocycles. The van der Waals surface area contributed by atoms with E-state index in [1.165, 1.54) is 24.8 Å². The second-order valence-electron chi connectivity index (χ2n) is 4.96. The molecule has 0 saturated heterocycles. The van der Waals surface area contributed by atoms with Gasteiger partial charge in [-0.3, -0.25) is 0 Å². The Morgan fingerprint density at radius 3 is 2.71 bits per heavy atom. The van der Waals surface area contributed by atoms with Gasteiger partial charge < -0.3 is 11.1 Å². The quantitative estimate of drug-likeness (QED) is 0.816. The normalized spacial score (nSPS) is 20.8. The van der Waals surface area contributed by atoms with Gasteiger partial charge >= 0.3 is 0 Å². The van der Waals surface area contributed by atoms with Crippen molar-refractivity contribution >= 4 is 0 Å². The maximum Gasteiger partial charge on any atom is 0.0922 e. The lowest BCUT2D eigenvalue weighted by Gasteiger charge is -2.17. The molecule has 1 aromatic carbocycles. The molecule has 0 saturated carbocycles. The third-order valence-corrected chi connectivity index (χ3v) is 3.56. The zero-order chi connectivity index (χ0) is 12.1. The van der Waals surface area contributed by atoms with E-state index < -0.39 is 0 Å². The molecule has 1 unspecified atom stereocenters. The summed E-state index contributed by atoms with van der Waals surface area (Å²) in [6.45, 7) is 3.29. The monoisotopic (exact) mass is 230 g/mol. The maximum absolute atomic E-state index is 5.74. The van der Waals surface area contributed by atoms with Crippen LogP contribution >= 0.6 is 0 Å². The molecule has 1 aliphatic rings. The van der Waals surface area contributed by atoms with E-state index in [9.17, 15) is 0 Å². The van der Waals surface area contributed by atoms with Gasteiger partial charge in [-0.05, 0) is 36.3 Å². The van der Waals surface area contributed by atoms with Crippen LogP contribution in [0, 0.1) is 11.8 Å². The van der Waals surface area contributed by atoms with Gasteiger partial charge in [0.1, 0.15) is 0 Å². The topological polar surface area (TPSA) is 38.0 Å². The number of rotatable bonds is 5. The number of hydrogen-bond acceptors (Lipinski definition) is 2. The Balaban J connectivity index is 1.89. The van der Waals surface area contributed by atoms with Gasteiger partial charge in [-0.25, -0.2) is 0 Å². The second-order valence-corrected chi connectivity index (χ2v) is 4.96. The van der Waals surface area contributed by atoms with Crippen molar-refractivity contribution in [1.82, 2.24) is 5.32 Å². The van der Waals surface area contributed by atoms with Crippen LogP contribution in [0.2, 0.25) is 0 Å². The average molecular weight is 230 g/mol. The predicted molar refractivity (Wildman–Crippen MR) is 72.3 cm³/mol. The minimum Gasteiger partial charge on any atom is -0.386 e. The number of hydrogen-bond donors (Lipinski definition) is 2. The van der Waals surface area contributed by atoms with Crippen LogP contribution in [0.1, 0.15) is 25.3 Å². The van der Waals surface area contributed by atoms with E-state index in [2.05, 4.69) is 48.6 Å². The zero-order valence-electron chi connectivity index (χ0n) is 10.5. The van der Waals surface area contributed by atoms with E-state index in [1.807, 2.05) is 0 Å². The minimum atomic E-state index is 0.615. The predicted octanol–water partition coefficient (Wildman–Crippen LogP) is 2.66. The maximum atomic E-state index is 5.74. The Bertz CT molecular complexity index is 370. The van der Waals surface area contributed by atoms with Crippen molar-refractivity contribution in [3.8, 4) is 0 Å². The Kier molecular flexibility index (Phi) is 4.08. The minimum absolute atomic E-state index is 0.615. The average Bonchev–Trinajstić information content (AvgIpc) is 2.75. The van der Waals surface area contributed by atoms with Gasteiger partial charge in [-0.2, -0.15) is 0 Å². The Morgan fingerprint density at radius 2 is 2.12 bits per heavy atom. The summed E-state index contributed by atoms with van der Waals surface area (Å²) < 4.78 is 0. The fourth-order valence-corrected chi connectivity index (χ4v) is 2.54. The fourth-order valence-electron chi connectivity index (χ4n) is 2.54. The molecular weight excluding hydrogens is 208 g/mol. The van der Waals surface area contributed by atoms with Crippen molar-refractivity contribution in [3.63, 3.8) is 0 Å². The molecule has 3 N–H and O–H groups in total. The summed E-state index contributed by atoms with van der Waals surface area (Å²) in [6, 6.07) is 10.8. The van der Waals surface area contributed by atoms with Crippen LogP contribution in [0.5, 0.6) is 0 Å². The summed E-state index contributed by atoms with van der Waals surface area (Å²) in [7, 11) is 0. The number of nitrogens with one attached hydrogen (secondary N) is 1. The first-order valence-corrected chi connectivity index (χ1v) is 6.53. The van der Waals surface area contributed by atoms with Crippen molar-refractivity contribution in [1.29, 1.82) is 0 Å². The Hall–Kier alpha value is -1.44. The van der Waals surface area contributed by atoms with E-state index in [0.29, 0.717) is 5.92 Å². The molecule has 0 fully saturated rings. The van der Waals surface area contributed by atoms with Gasteiger partial charge in [-0.1, -0.05) is 43.7 Å². The van der Waals surface area contributed by atoms with Gasteiger partial charge in [0.2, 0.25) is 0 Å². The molecule has 0 spiro atoms. The molecule has 2 rings (SSSR count).